The van der Waals surface area contributed by atoms with Gasteiger partial charge in [-0.3, -0.25) is 9.69 Å². The number of hydrogen-bond acceptors (Lipinski definition) is 4. The summed E-state index contributed by atoms with van der Waals surface area (Å²) in [6.07, 6.45) is 1.20. The molecule has 0 bridgehead atoms. The van der Waals surface area contributed by atoms with Crippen molar-refractivity contribution < 1.29 is 14.6 Å². The smallest absolute Gasteiger partial charge is 0.306 e. The third kappa shape index (κ3) is 3.09. The lowest BCUT2D eigenvalue weighted by Crippen LogP contribution is -2.38. The molecule has 1 aliphatic rings. The summed E-state index contributed by atoms with van der Waals surface area (Å²) in [5.41, 5.74) is 0.919. The van der Waals surface area contributed by atoms with Crippen molar-refractivity contribution in [1.29, 1.82) is 5.26 Å². The van der Waals surface area contributed by atoms with Crippen molar-refractivity contribution in [1.82, 2.24) is 4.90 Å². The molecule has 1 unspecified atom stereocenters. The number of benzene rings is 1. The number of carbonyl (C=O) groups is 1. The molecule has 5 heteroatoms. The molecule has 1 saturated heterocycles. The molecule has 20 heavy (non-hydrogen) atoms. The van der Waals surface area contributed by atoms with Crippen molar-refractivity contribution in [3.63, 3.8) is 0 Å². The van der Waals surface area contributed by atoms with Gasteiger partial charge in [-0.25, -0.2) is 0 Å². The molecule has 1 aromatic rings. The zero-order valence-corrected chi connectivity index (χ0v) is 11.5. The van der Waals surface area contributed by atoms with Gasteiger partial charge in [-0.2, -0.15) is 5.26 Å². The molecule has 1 fully saturated rings. The van der Waals surface area contributed by atoms with Crippen LogP contribution in [0.15, 0.2) is 24.3 Å². The molecule has 1 aliphatic heterocycles. The molecule has 1 aromatic carbocycles. The first kappa shape index (κ1) is 14.4. The molecule has 0 aromatic heterocycles. The Labute approximate surface area is 118 Å². The third-order valence-corrected chi connectivity index (χ3v) is 3.80. The first-order chi connectivity index (χ1) is 9.65. The SMILES string of the molecule is COc1ccc(C(C#N)N2CCC(C(=O)O)CC2)cc1. The van der Waals surface area contributed by atoms with E-state index in [9.17, 15) is 10.1 Å². The Bertz CT molecular complexity index is 499. The standard InChI is InChI=1S/C15H18N2O3/c1-20-13-4-2-11(3-5-13)14(10-16)17-8-6-12(7-9-17)15(18)19/h2-5,12,14H,6-9H2,1H3,(H,18,19). The predicted octanol–water partition coefficient (Wildman–Crippen LogP) is 2.06. The van der Waals surface area contributed by atoms with Crippen molar-refractivity contribution in [3.8, 4) is 11.8 Å². The second-order valence-corrected chi connectivity index (χ2v) is 4.95. The maximum atomic E-state index is 10.9. The Morgan fingerprint density at radius 1 is 1.40 bits per heavy atom. The van der Waals surface area contributed by atoms with Gasteiger partial charge < -0.3 is 9.84 Å². The quantitative estimate of drug-likeness (QED) is 0.909. The molecule has 0 saturated carbocycles. The van der Waals surface area contributed by atoms with E-state index in [2.05, 4.69) is 6.07 Å². The van der Waals surface area contributed by atoms with Gasteiger partial charge in [-0.05, 0) is 30.5 Å². The number of rotatable bonds is 4. The highest BCUT2D eigenvalue weighted by molar-refractivity contribution is 5.70. The summed E-state index contributed by atoms with van der Waals surface area (Å²) < 4.78 is 5.11. The highest BCUT2D eigenvalue weighted by Gasteiger charge is 2.29. The number of aliphatic carboxylic acids is 1. The molecule has 0 aliphatic carbocycles. The molecule has 2 rings (SSSR count). The number of ether oxygens (including phenoxy) is 1. The van der Waals surface area contributed by atoms with Gasteiger partial charge in [0.15, 0.2) is 0 Å². The van der Waals surface area contributed by atoms with Gasteiger partial charge in [-0.15, -0.1) is 0 Å². The number of carboxylic acid groups (broad SMARTS) is 1. The Hall–Kier alpha value is -2.06. The van der Waals surface area contributed by atoms with Crippen LogP contribution in [-0.2, 0) is 4.79 Å². The summed E-state index contributed by atoms with van der Waals surface area (Å²) in [7, 11) is 1.60. The van der Waals surface area contributed by atoms with Crippen molar-refractivity contribution in [2.45, 2.75) is 18.9 Å². The van der Waals surface area contributed by atoms with Crippen LogP contribution in [0.5, 0.6) is 5.75 Å². The van der Waals surface area contributed by atoms with Crippen LogP contribution in [0.2, 0.25) is 0 Å². The molecule has 0 radical (unpaired) electrons. The predicted molar refractivity (Wildman–Crippen MR) is 73.3 cm³/mol. The fraction of sp³-hybridized carbons (Fsp3) is 0.467. The van der Waals surface area contributed by atoms with Gasteiger partial charge in [0.1, 0.15) is 11.8 Å². The number of hydrogen-bond donors (Lipinski definition) is 1. The van der Waals surface area contributed by atoms with Crippen LogP contribution >= 0.6 is 0 Å². The van der Waals surface area contributed by atoms with Crippen molar-refractivity contribution >= 4 is 5.97 Å². The first-order valence-electron chi connectivity index (χ1n) is 6.66. The highest BCUT2D eigenvalue weighted by Crippen LogP contribution is 2.27. The molecule has 0 amide bonds. The summed E-state index contributed by atoms with van der Waals surface area (Å²) in [6, 6.07) is 9.43. The molecule has 5 nitrogen and oxygen atoms in total. The van der Waals surface area contributed by atoms with E-state index < -0.39 is 5.97 Å². The molecule has 1 atom stereocenters. The average molecular weight is 274 g/mol. The van der Waals surface area contributed by atoms with Gasteiger partial charge in [-0.1, -0.05) is 12.1 Å². The van der Waals surface area contributed by atoms with Crippen LogP contribution < -0.4 is 4.74 Å². The van der Waals surface area contributed by atoms with Gasteiger partial charge in [0.25, 0.3) is 0 Å². The van der Waals surface area contributed by atoms with Gasteiger partial charge in [0.05, 0.1) is 19.1 Å². The number of methoxy groups -OCH3 is 1. The maximum Gasteiger partial charge on any atom is 0.306 e. The number of nitrogens with zero attached hydrogens (tertiary/aromatic N) is 2. The summed E-state index contributed by atoms with van der Waals surface area (Å²) >= 11 is 0. The van der Waals surface area contributed by atoms with Gasteiger partial charge in [0.2, 0.25) is 0 Å². The summed E-state index contributed by atoms with van der Waals surface area (Å²) in [6.45, 7) is 1.28. The van der Waals surface area contributed by atoms with E-state index >= 15 is 0 Å². The molecule has 1 heterocycles. The van der Waals surface area contributed by atoms with Crippen molar-refractivity contribution in [2.75, 3.05) is 20.2 Å². The van der Waals surface area contributed by atoms with E-state index in [-0.39, 0.29) is 12.0 Å². The Morgan fingerprint density at radius 2 is 2.00 bits per heavy atom. The minimum Gasteiger partial charge on any atom is -0.497 e. The molecular weight excluding hydrogens is 256 g/mol. The fourth-order valence-corrected chi connectivity index (χ4v) is 2.56. The van der Waals surface area contributed by atoms with E-state index in [0.717, 1.165) is 11.3 Å². The van der Waals surface area contributed by atoms with Crippen molar-refractivity contribution in [3.05, 3.63) is 29.8 Å². The highest BCUT2D eigenvalue weighted by atomic mass is 16.5. The molecule has 0 spiro atoms. The van der Waals surface area contributed by atoms with Gasteiger partial charge >= 0.3 is 5.97 Å². The van der Waals surface area contributed by atoms with Crippen molar-refractivity contribution in [2.24, 2.45) is 5.92 Å². The lowest BCUT2D eigenvalue weighted by atomic mass is 9.94. The van der Waals surface area contributed by atoms with Crippen LogP contribution in [-0.4, -0.2) is 36.2 Å². The van der Waals surface area contributed by atoms with Crippen LogP contribution in [0.1, 0.15) is 24.4 Å². The molecule has 106 valence electrons. The first-order valence-corrected chi connectivity index (χ1v) is 6.66. The van der Waals surface area contributed by atoms with E-state index in [0.29, 0.717) is 25.9 Å². The number of carboxylic acids is 1. The van der Waals surface area contributed by atoms with Crippen LogP contribution in [0.4, 0.5) is 0 Å². The number of nitriles is 1. The number of likely N-dealkylation sites (tertiary alicyclic amines) is 1. The Balaban J connectivity index is 2.05. The fourth-order valence-electron chi connectivity index (χ4n) is 2.56. The topological polar surface area (TPSA) is 73.6 Å². The second kappa shape index (κ2) is 6.40. The minimum absolute atomic E-state index is 0.276. The largest absolute Gasteiger partial charge is 0.497 e. The number of piperidine rings is 1. The molecule has 1 N–H and O–H groups in total. The monoisotopic (exact) mass is 274 g/mol. The summed E-state index contributed by atoms with van der Waals surface area (Å²) in [5.74, 6) is -0.251. The lowest BCUT2D eigenvalue weighted by molar-refractivity contribution is -0.143. The van der Waals surface area contributed by atoms with Gasteiger partial charge in [0, 0.05) is 13.1 Å². The normalized spacial score (nSPS) is 18.2. The van der Waals surface area contributed by atoms with Crippen LogP contribution in [0, 0.1) is 17.2 Å². The minimum atomic E-state index is -0.734. The summed E-state index contributed by atoms with van der Waals surface area (Å²) in [4.78, 5) is 13.0. The zero-order chi connectivity index (χ0) is 14.5. The Kier molecular flexibility index (Phi) is 4.59. The molecular formula is C15H18N2O3. The van der Waals surface area contributed by atoms with E-state index in [4.69, 9.17) is 9.84 Å². The van der Waals surface area contributed by atoms with Crippen LogP contribution in [0.3, 0.4) is 0 Å². The van der Waals surface area contributed by atoms with Crippen LogP contribution in [0.25, 0.3) is 0 Å². The average Bonchev–Trinajstić information content (AvgIpc) is 2.49. The summed E-state index contributed by atoms with van der Waals surface area (Å²) in [5, 5.41) is 18.4. The second-order valence-electron chi connectivity index (χ2n) is 4.95. The van der Waals surface area contributed by atoms with E-state index in [1.165, 1.54) is 0 Å². The van der Waals surface area contributed by atoms with E-state index in [1.807, 2.05) is 29.2 Å². The third-order valence-electron chi connectivity index (χ3n) is 3.80. The zero-order valence-electron chi connectivity index (χ0n) is 11.5. The van der Waals surface area contributed by atoms with E-state index in [1.54, 1.807) is 7.11 Å². The maximum absolute atomic E-state index is 10.9. The Morgan fingerprint density at radius 3 is 2.45 bits per heavy atom. The lowest BCUT2D eigenvalue weighted by Gasteiger charge is -2.33.